The standard InChI is InChI=1S/2C25H25F5N4O3.C21H19F5N4O.C4H7BrO2/c1-15-13-33(22-3-2-17(12-31-22)25(28,29)30)5-4-21(15)37-23-11-20(16-8-18(26)10-19(27)9-16)34(32-23)14-24-35-6-7-36-24;1-15-13-33(22-3-2-17(12-31-22)25(28,29)30)5-4-21(15)37-23-11-20(16-8-18(26)10-19(27)9-16)32-34(23)14-24-35-6-7-36-24;1-12-11-30(19-3-2-14(10-27-19)21(24,25)26)5-4-18(12)31-20-9-17(28-29-20)13-6-15(22)8-16(23)7-13;5-3-4-6-1-2-7-4/h2*2-3,8-12,15,21,24H,4-7,13-14H2,1H3;2-3,6-10,12,18H,4-5,11H2,1H3,(H,28,29);4H,1-3H2/t2*15-,21-;12-,18-;/m111./s1. The van der Waals surface area contributed by atoms with Crippen molar-refractivity contribution in [3.63, 3.8) is 0 Å². The van der Waals surface area contributed by atoms with E-state index in [-0.39, 0.29) is 66.9 Å². The number of hydrogen-bond acceptors (Lipinski definition) is 18. The number of benzene rings is 3. The Balaban J connectivity index is 0.000000149. The smallest absolute Gasteiger partial charge is 0.417 e. The Hall–Kier alpha value is -9.27. The van der Waals surface area contributed by atoms with Gasteiger partial charge in [0.15, 0.2) is 18.9 Å². The van der Waals surface area contributed by atoms with E-state index < -0.39 is 82.7 Å². The second kappa shape index (κ2) is 36.3. The summed E-state index contributed by atoms with van der Waals surface area (Å²) in [6.45, 7) is 12.9. The first kappa shape index (κ1) is 82.2. The van der Waals surface area contributed by atoms with E-state index in [1.165, 1.54) is 54.6 Å². The number of piperidine rings is 3. The predicted octanol–water partition coefficient (Wildman–Crippen LogP) is 15.6. The third-order valence-electron chi connectivity index (χ3n) is 18.9. The van der Waals surface area contributed by atoms with Crippen molar-refractivity contribution in [3.8, 4) is 51.4 Å². The Morgan fingerprint density at radius 3 is 1.18 bits per heavy atom. The number of ether oxygens (including phenoxy) is 9. The highest BCUT2D eigenvalue weighted by Gasteiger charge is 2.37. The molecule has 0 unspecified atom stereocenters. The van der Waals surface area contributed by atoms with Gasteiger partial charge in [-0.3, -0.25) is 9.78 Å². The van der Waals surface area contributed by atoms with Gasteiger partial charge in [-0.05, 0) is 72.8 Å². The third-order valence-corrected chi connectivity index (χ3v) is 19.4. The maximum Gasteiger partial charge on any atom is 0.417 e. The molecule has 6 aliphatic rings. The molecule has 0 radical (unpaired) electrons. The zero-order chi connectivity index (χ0) is 79.6. The van der Waals surface area contributed by atoms with Crippen LogP contribution in [0.4, 0.5) is 83.3 Å². The van der Waals surface area contributed by atoms with Gasteiger partial charge < -0.3 is 57.3 Å². The number of rotatable bonds is 17. The highest BCUT2D eigenvalue weighted by molar-refractivity contribution is 9.09. The quantitative estimate of drug-likeness (QED) is 0.0667. The predicted molar refractivity (Wildman–Crippen MR) is 379 cm³/mol. The van der Waals surface area contributed by atoms with Crippen molar-refractivity contribution in [2.24, 2.45) is 17.8 Å². The molecule has 12 heterocycles. The fourth-order valence-corrected chi connectivity index (χ4v) is 13.6. The highest BCUT2D eigenvalue weighted by atomic mass is 79.9. The summed E-state index contributed by atoms with van der Waals surface area (Å²) in [5.41, 5.74) is -0.268. The number of aromatic amines is 1. The minimum atomic E-state index is -4.44. The Morgan fingerprint density at radius 2 is 0.804 bits per heavy atom. The SMILES string of the molecule is BrCC1OCCO1.C[C@@H]1CN(c2ccc(C(F)(F)F)cn2)CC[C@H]1Oc1cc(-c2cc(F)cc(F)c2)[nH]n1.C[C@@H]1CN(c2ccc(C(F)(F)F)cn2)CC[C@H]1Oc1cc(-c2cc(F)cc(F)c2)n(CC2OCCO2)n1.C[C@@H]1CN(c2ccc(C(F)(F)F)cn2)CC[C@H]1Oc1cc(-c2cc(F)cc(F)c2)nn1CC1OCCO1. The van der Waals surface area contributed by atoms with E-state index >= 15 is 0 Å². The molecule has 37 heteroatoms. The zero-order valence-electron chi connectivity index (χ0n) is 60.2. The summed E-state index contributed by atoms with van der Waals surface area (Å²) < 4.78 is 251. The van der Waals surface area contributed by atoms with Crippen molar-refractivity contribution in [2.45, 2.75) is 109 Å². The number of nitrogens with one attached hydrogen (secondary N) is 1. The fraction of sp³-hybridized carbons (Fsp3) is 0.440. The minimum absolute atomic E-state index is 0.000412. The largest absolute Gasteiger partial charge is 0.474 e. The molecule has 15 rings (SSSR count). The summed E-state index contributed by atoms with van der Waals surface area (Å²) in [6.07, 6.45) is -10.7. The van der Waals surface area contributed by atoms with Crippen LogP contribution in [0.3, 0.4) is 0 Å². The van der Waals surface area contributed by atoms with Crippen molar-refractivity contribution < 1.29 is 108 Å². The first-order chi connectivity index (χ1) is 53.4. The normalized spacial score (nSPS) is 20.7. The summed E-state index contributed by atoms with van der Waals surface area (Å²) in [7, 11) is 0. The highest BCUT2D eigenvalue weighted by Crippen LogP contribution is 2.38. The minimum Gasteiger partial charge on any atom is -0.474 e. The van der Waals surface area contributed by atoms with Crippen LogP contribution in [0.15, 0.2) is 128 Å². The van der Waals surface area contributed by atoms with Crippen molar-refractivity contribution in [3.05, 3.63) is 179 Å². The number of halogens is 16. The number of anilines is 3. The molecule has 0 saturated carbocycles. The van der Waals surface area contributed by atoms with E-state index in [1.807, 2.05) is 35.5 Å². The fourth-order valence-electron chi connectivity index (χ4n) is 13.2. The molecule has 6 fully saturated rings. The Morgan fingerprint density at radius 1 is 0.429 bits per heavy atom. The summed E-state index contributed by atoms with van der Waals surface area (Å²) in [5.74, 6) is -1.79. The van der Waals surface area contributed by atoms with Gasteiger partial charge in [-0.15, -0.1) is 10.2 Å². The zero-order valence-corrected chi connectivity index (χ0v) is 61.8. The molecule has 0 aliphatic carbocycles. The lowest BCUT2D eigenvalue weighted by Gasteiger charge is -2.37. The van der Waals surface area contributed by atoms with Gasteiger partial charge in [-0.25, -0.2) is 46.0 Å². The Kier molecular flexibility index (Phi) is 26.6. The van der Waals surface area contributed by atoms with Crippen molar-refractivity contribution in [1.29, 1.82) is 0 Å². The maximum atomic E-state index is 13.9. The van der Waals surface area contributed by atoms with Gasteiger partial charge in [0.25, 0.3) is 0 Å². The van der Waals surface area contributed by atoms with Crippen LogP contribution in [0.5, 0.6) is 17.6 Å². The Bertz CT molecular complexity index is 4490. The molecule has 0 spiro atoms. The van der Waals surface area contributed by atoms with Crippen LogP contribution in [0.25, 0.3) is 33.8 Å². The van der Waals surface area contributed by atoms with Crippen LogP contribution in [0.2, 0.25) is 0 Å². The Labute approximate surface area is 640 Å². The summed E-state index contributed by atoms with van der Waals surface area (Å²) in [6, 6.07) is 21.6. The molecule has 0 bridgehead atoms. The monoisotopic (exact) mass is 1650 g/mol. The van der Waals surface area contributed by atoms with Crippen LogP contribution in [-0.2, 0) is 60.0 Å². The van der Waals surface area contributed by atoms with E-state index in [2.05, 4.69) is 51.3 Å². The molecule has 3 aromatic carbocycles. The lowest BCUT2D eigenvalue weighted by molar-refractivity contribution is -0.138. The van der Waals surface area contributed by atoms with E-state index in [0.717, 1.165) is 73.5 Å². The summed E-state index contributed by atoms with van der Waals surface area (Å²) in [5, 5.41) is 16.6. The number of aromatic nitrogens is 9. The van der Waals surface area contributed by atoms with Crippen LogP contribution in [0, 0.1) is 52.7 Å². The molecular formula is C75H76BrF15N12O9. The van der Waals surface area contributed by atoms with Gasteiger partial charge in [0, 0.05) is 148 Å². The number of pyridine rings is 3. The van der Waals surface area contributed by atoms with Gasteiger partial charge in [0.1, 0.15) is 70.7 Å². The van der Waals surface area contributed by atoms with Gasteiger partial charge in [-0.2, -0.15) is 44.6 Å². The topological polar surface area (TPSA) is 196 Å². The van der Waals surface area contributed by atoms with Crippen molar-refractivity contribution in [1.82, 2.24) is 44.7 Å². The number of H-pyrrole nitrogens is 1. The second-order valence-electron chi connectivity index (χ2n) is 27.2. The van der Waals surface area contributed by atoms with Gasteiger partial charge >= 0.3 is 18.5 Å². The first-order valence-corrected chi connectivity index (χ1v) is 36.8. The van der Waals surface area contributed by atoms with Crippen molar-refractivity contribution in [2.75, 3.05) is 98.9 Å². The van der Waals surface area contributed by atoms with Crippen LogP contribution in [-0.4, -0.2) is 166 Å². The first-order valence-electron chi connectivity index (χ1n) is 35.6. The second-order valence-corrected chi connectivity index (χ2v) is 27.8. The molecular weight excluding hydrogens is 1580 g/mol. The summed E-state index contributed by atoms with van der Waals surface area (Å²) in [4.78, 5) is 17.7. The summed E-state index contributed by atoms with van der Waals surface area (Å²) >= 11 is 3.23. The molecule has 6 aromatic heterocycles. The maximum absolute atomic E-state index is 13.9. The average molecular weight is 1650 g/mol. The van der Waals surface area contributed by atoms with Gasteiger partial charge in [-0.1, -0.05) is 36.7 Å². The molecule has 21 nitrogen and oxygen atoms in total. The van der Waals surface area contributed by atoms with E-state index in [0.29, 0.717) is 142 Å². The van der Waals surface area contributed by atoms with E-state index in [9.17, 15) is 65.9 Å². The molecule has 6 saturated heterocycles. The number of hydrogen-bond donors (Lipinski definition) is 1. The molecule has 1 N–H and O–H groups in total. The van der Waals surface area contributed by atoms with Gasteiger partial charge in [0.2, 0.25) is 17.6 Å². The number of nitrogens with zero attached hydrogens (tertiary/aromatic N) is 11. The van der Waals surface area contributed by atoms with Crippen LogP contribution < -0.4 is 28.9 Å². The molecule has 9 aromatic rings. The molecule has 6 atom stereocenters. The van der Waals surface area contributed by atoms with Crippen LogP contribution >= 0.6 is 15.9 Å². The molecule has 602 valence electrons. The van der Waals surface area contributed by atoms with Gasteiger partial charge in [0.05, 0.1) is 91.8 Å². The third kappa shape index (κ3) is 21.9. The van der Waals surface area contributed by atoms with Crippen LogP contribution in [0.1, 0.15) is 56.7 Å². The van der Waals surface area contributed by atoms with E-state index in [4.69, 9.17) is 42.6 Å². The molecule has 0 amide bonds. The number of alkyl halides is 10. The lowest BCUT2D eigenvalue weighted by atomic mass is 9.96. The molecule has 112 heavy (non-hydrogen) atoms. The van der Waals surface area contributed by atoms with E-state index in [1.54, 1.807) is 27.6 Å². The average Bonchev–Trinajstić information content (AvgIpc) is 1.59. The van der Waals surface area contributed by atoms with Crippen molar-refractivity contribution >= 4 is 33.4 Å². The lowest BCUT2D eigenvalue weighted by Crippen LogP contribution is -2.45. The molecule has 6 aliphatic heterocycles.